The minimum absolute atomic E-state index is 0.123. The molecule has 0 radical (unpaired) electrons. The van der Waals surface area contributed by atoms with Gasteiger partial charge in [0.05, 0.1) is 0 Å². The van der Waals surface area contributed by atoms with Crippen molar-refractivity contribution in [1.82, 2.24) is 4.90 Å². The Bertz CT molecular complexity index is 411. The van der Waals surface area contributed by atoms with Gasteiger partial charge >= 0.3 is 0 Å². The highest BCUT2D eigenvalue weighted by molar-refractivity contribution is 6.30. The van der Waals surface area contributed by atoms with Crippen LogP contribution in [0.4, 0.5) is 0 Å². The van der Waals surface area contributed by atoms with Crippen molar-refractivity contribution < 1.29 is 5.11 Å². The molecule has 0 heterocycles. The number of phenols is 1. The molecule has 18 heavy (non-hydrogen) atoms. The minimum atomic E-state index is 0.123. The lowest BCUT2D eigenvalue weighted by molar-refractivity contribution is 0.103. The Hall–Kier alpha value is -0.730. The second kappa shape index (κ2) is 5.50. The zero-order valence-corrected chi connectivity index (χ0v) is 12.9. The fraction of sp³-hybridized carbons (Fsp3) is 0.600. The summed E-state index contributed by atoms with van der Waals surface area (Å²) in [6.07, 6.45) is 0. The number of aromatic hydroxyl groups is 1. The van der Waals surface area contributed by atoms with E-state index in [2.05, 4.69) is 46.6 Å². The van der Waals surface area contributed by atoms with Gasteiger partial charge in [-0.25, -0.2) is 0 Å². The molecule has 1 N–H and O–H groups in total. The zero-order valence-electron chi connectivity index (χ0n) is 12.2. The van der Waals surface area contributed by atoms with Crippen molar-refractivity contribution in [2.45, 2.75) is 46.7 Å². The summed E-state index contributed by atoms with van der Waals surface area (Å²) in [6, 6.07) is 5.72. The Morgan fingerprint density at radius 2 is 1.78 bits per heavy atom. The first kappa shape index (κ1) is 15.3. The van der Waals surface area contributed by atoms with Crippen molar-refractivity contribution in [1.29, 1.82) is 0 Å². The van der Waals surface area contributed by atoms with E-state index < -0.39 is 0 Å². The smallest absolute Gasteiger partial charge is 0.120 e. The van der Waals surface area contributed by atoms with Crippen LogP contribution in [0.5, 0.6) is 5.75 Å². The summed E-state index contributed by atoms with van der Waals surface area (Å²) >= 11 is 6.01. The van der Waals surface area contributed by atoms with Gasteiger partial charge in [-0.3, -0.25) is 4.90 Å². The van der Waals surface area contributed by atoms with E-state index in [0.29, 0.717) is 16.8 Å². The van der Waals surface area contributed by atoms with Gasteiger partial charge < -0.3 is 5.11 Å². The number of hydrogen-bond acceptors (Lipinski definition) is 2. The summed E-state index contributed by atoms with van der Waals surface area (Å²) in [6.45, 7) is 11.0. The summed E-state index contributed by atoms with van der Waals surface area (Å²) in [4.78, 5) is 2.27. The van der Waals surface area contributed by atoms with Gasteiger partial charge in [-0.05, 0) is 44.5 Å². The average Bonchev–Trinajstić information content (AvgIpc) is 2.28. The summed E-state index contributed by atoms with van der Waals surface area (Å²) in [5.41, 5.74) is 1.07. The molecule has 0 bridgehead atoms. The third-order valence-corrected chi connectivity index (χ3v) is 4.15. The van der Waals surface area contributed by atoms with Gasteiger partial charge in [0.25, 0.3) is 0 Å². The van der Waals surface area contributed by atoms with Crippen molar-refractivity contribution >= 4 is 11.6 Å². The molecule has 0 aliphatic rings. The summed E-state index contributed by atoms with van der Waals surface area (Å²) in [7, 11) is 2.08. The molecule has 1 rings (SSSR count). The first-order valence-corrected chi connectivity index (χ1v) is 6.72. The second-order valence-electron chi connectivity index (χ2n) is 6.09. The molecule has 1 aromatic rings. The number of phenolic OH excluding ortho intramolecular Hbond substituents is 1. The molecule has 0 fully saturated rings. The van der Waals surface area contributed by atoms with Crippen LogP contribution in [0.3, 0.4) is 0 Å². The van der Waals surface area contributed by atoms with Crippen LogP contribution in [0.25, 0.3) is 0 Å². The quantitative estimate of drug-likeness (QED) is 0.875. The maximum atomic E-state index is 9.95. The minimum Gasteiger partial charge on any atom is -0.508 e. The van der Waals surface area contributed by atoms with Crippen LogP contribution in [-0.2, 0) is 0 Å². The van der Waals surface area contributed by atoms with E-state index in [9.17, 15) is 5.11 Å². The molecule has 0 aliphatic heterocycles. The third kappa shape index (κ3) is 3.39. The van der Waals surface area contributed by atoms with Crippen LogP contribution >= 0.6 is 11.6 Å². The molecule has 0 spiro atoms. The molecule has 1 aromatic carbocycles. The highest BCUT2D eigenvalue weighted by atomic mass is 35.5. The molecule has 3 heteroatoms. The predicted molar refractivity (Wildman–Crippen MR) is 78.2 cm³/mol. The predicted octanol–water partition coefficient (Wildman–Crippen LogP) is 4.47. The fourth-order valence-electron chi connectivity index (χ4n) is 2.03. The largest absolute Gasteiger partial charge is 0.508 e. The molecular weight excluding hydrogens is 246 g/mol. The Kier molecular flexibility index (Phi) is 4.68. The molecule has 0 amide bonds. The third-order valence-electron chi connectivity index (χ3n) is 3.91. The van der Waals surface area contributed by atoms with Crippen molar-refractivity contribution in [3.05, 3.63) is 28.8 Å². The van der Waals surface area contributed by atoms with Gasteiger partial charge in [-0.2, -0.15) is 0 Å². The molecule has 0 aliphatic carbocycles. The molecule has 0 aromatic heterocycles. The summed E-state index contributed by atoms with van der Waals surface area (Å²) < 4.78 is 0. The van der Waals surface area contributed by atoms with Crippen molar-refractivity contribution in [2.24, 2.45) is 5.41 Å². The standard InChI is InChI=1S/C15H24ClNO/c1-10(17(6)11(2)15(3,4)5)13-9-12(16)7-8-14(13)18/h7-11,18H,1-6H3. The average molecular weight is 270 g/mol. The molecule has 2 unspecified atom stereocenters. The zero-order chi connectivity index (χ0) is 14.1. The topological polar surface area (TPSA) is 23.5 Å². The van der Waals surface area contributed by atoms with Crippen LogP contribution in [0.15, 0.2) is 18.2 Å². The fourth-order valence-corrected chi connectivity index (χ4v) is 2.21. The van der Waals surface area contributed by atoms with E-state index in [0.717, 1.165) is 5.56 Å². The highest BCUT2D eigenvalue weighted by Gasteiger charge is 2.28. The van der Waals surface area contributed by atoms with Gasteiger partial charge in [0, 0.05) is 22.7 Å². The first-order valence-electron chi connectivity index (χ1n) is 6.35. The lowest BCUT2D eigenvalue weighted by Gasteiger charge is -2.39. The van der Waals surface area contributed by atoms with Crippen molar-refractivity contribution in [3.8, 4) is 5.75 Å². The van der Waals surface area contributed by atoms with E-state index in [1.54, 1.807) is 12.1 Å². The van der Waals surface area contributed by atoms with Crippen molar-refractivity contribution in [3.63, 3.8) is 0 Å². The van der Waals surface area contributed by atoms with Crippen molar-refractivity contribution in [2.75, 3.05) is 7.05 Å². The Balaban J connectivity index is 2.99. The maximum Gasteiger partial charge on any atom is 0.120 e. The second-order valence-corrected chi connectivity index (χ2v) is 6.52. The lowest BCUT2D eigenvalue weighted by atomic mass is 9.86. The molecular formula is C15H24ClNO. The van der Waals surface area contributed by atoms with Gasteiger partial charge in [0.15, 0.2) is 0 Å². The van der Waals surface area contributed by atoms with E-state index in [-0.39, 0.29) is 11.5 Å². The van der Waals surface area contributed by atoms with Crippen LogP contribution < -0.4 is 0 Å². The number of benzene rings is 1. The summed E-state index contributed by atoms with van der Waals surface area (Å²) in [5, 5.41) is 10.6. The molecule has 0 saturated heterocycles. The van der Waals surface area contributed by atoms with Gasteiger partial charge in [0.2, 0.25) is 0 Å². The Morgan fingerprint density at radius 1 is 1.22 bits per heavy atom. The van der Waals surface area contributed by atoms with Gasteiger partial charge in [-0.1, -0.05) is 32.4 Å². The van der Waals surface area contributed by atoms with Crippen LogP contribution in [-0.4, -0.2) is 23.1 Å². The molecule has 2 nitrogen and oxygen atoms in total. The monoisotopic (exact) mass is 269 g/mol. The lowest BCUT2D eigenvalue weighted by Crippen LogP contribution is -2.40. The molecule has 2 atom stereocenters. The van der Waals surface area contributed by atoms with E-state index in [1.165, 1.54) is 0 Å². The Labute approximate surface area is 116 Å². The normalized spacial score (nSPS) is 15.8. The molecule has 102 valence electrons. The van der Waals surface area contributed by atoms with Crippen LogP contribution in [0, 0.1) is 5.41 Å². The number of hydrogen-bond donors (Lipinski definition) is 1. The van der Waals surface area contributed by atoms with E-state index in [1.807, 2.05) is 6.07 Å². The number of rotatable bonds is 3. The van der Waals surface area contributed by atoms with E-state index in [4.69, 9.17) is 11.6 Å². The SMILES string of the molecule is CC(c1cc(Cl)ccc1O)N(C)C(C)C(C)(C)C. The van der Waals surface area contributed by atoms with Crippen LogP contribution in [0.2, 0.25) is 5.02 Å². The molecule has 0 saturated carbocycles. The maximum absolute atomic E-state index is 9.95. The summed E-state index contributed by atoms with van der Waals surface area (Å²) in [5.74, 6) is 0.305. The number of halogens is 1. The van der Waals surface area contributed by atoms with Gasteiger partial charge in [0.1, 0.15) is 5.75 Å². The van der Waals surface area contributed by atoms with Gasteiger partial charge in [-0.15, -0.1) is 0 Å². The highest BCUT2D eigenvalue weighted by Crippen LogP contribution is 2.34. The number of nitrogens with zero attached hydrogens (tertiary/aromatic N) is 1. The van der Waals surface area contributed by atoms with E-state index >= 15 is 0 Å². The first-order chi connectivity index (χ1) is 8.14. The Morgan fingerprint density at radius 3 is 2.28 bits per heavy atom. The van der Waals surface area contributed by atoms with Crippen LogP contribution in [0.1, 0.15) is 46.2 Å².